The van der Waals surface area contributed by atoms with E-state index < -0.39 is 11.5 Å². The zero-order chi connectivity index (χ0) is 22.9. The van der Waals surface area contributed by atoms with Crippen LogP contribution < -0.4 is 10.6 Å². The number of aryl methyl sites for hydroxylation is 1. The monoisotopic (exact) mass is 517 g/mol. The zero-order valence-electron chi connectivity index (χ0n) is 17.4. The second-order valence-electron chi connectivity index (χ2n) is 7.37. The van der Waals surface area contributed by atoms with E-state index in [9.17, 15) is 9.59 Å². The molecule has 3 aromatic carbocycles. The second kappa shape index (κ2) is 8.73. The third kappa shape index (κ3) is 4.35. The van der Waals surface area contributed by atoms with Crippen LogP contribution in [0.3, 0.4) is 0 Å². The van der Waals surface area contributed by atoms with Crippen molar-refractivity contribution in [3.05, 3.63) is 104 Å². The number of anilines is 1. The highest BCUT2D eigenvalue weighted by Gasteiger charge is 2.25. The fourth-order valence-corrected chi connectivity index (χ4v) is 4.58. The van der Waals surface area contributed by atoms with Crippen molar-refractivity contribution in [2.45, 2.75) is 6.92 Å². The van der Waals surface area contributed by atoms with Gasteiger partial charge in [0.05, 0.1) is 16.4 Å². The van der Waals surface area contributed by atoms with E-state index in [1.807, 2.05) is 55.5 Å². The molecule has 2 aromatic heterocycles. The lowest BCUT2D eigenvalue weighted by molar-refractivity contribution is 0.0984. The minimum Gasteiger partial charge on any atom is -0.422 e. The minimum atomic E-state index is -0.723. The van der Waals surface area contributed by atoms with Crippen molar-refractivity contribution in [3.63, 3.8) is 0 Å². The highest BCUT2D eigenvalue weighted by atomic mass is 79.9. The SMILES string of the molecule is Cc1ccc2nc(N(/N=C/c3ccc(Br)cc3)C(=O)c3cc4ccccc4oc3=O)sc2c1. The lowest BCUT2D eigenvalue weighted by Gasteiger charge is -2.13. The summed E-state index contributed by atoms with van der Waals surface area (Å²) in [7, 11) is 0. The molecule has 8 heteroatoms. The van der Waals surface area contributed by atoms with Crippen molar-refractivity contribution in [1.82, 2.24) is 4.98 Å². The van der Waals surface area contributed by atoms with E-state index >= 15 is 0 Å². The number of aromatic nitrogens is 1. The van der Waals surface area contributed by atoms with Crippen LogP contribution in [0, 0.1) is 6.92 Å². The molecular formula is C25H16BrN3O3S. The number of hydrazone groups is 1. The van der Waals surface area contributed by atoms with E-state index in [-0.39, 0.29) is 5.56 Å². The summed E-state index contributed by atoms with van der Waals surface area (Å²) in [6.45, 7) is 1.99. The van der Waals surface area contributed by atoms with Crippen molar-refractivity contribution < 1.29 is 9.21 Å². The van der Waals surface area contributed by atoms with Crippen molar-refractivity contribution in [1.29, 1.82) is 0 Å². The summed E-state index contributed by atoms with van der Waals surface area (Å²) in [5.74, 6) is -0.612. The molecule has 5 rings (SSSR count). The highest BCUT2D eigenvalue weighted by Crippen LogP contribution is 2.30. The third-order valence-corrected chi connectivity index (χ3v) is 6.49. The van der Waals surface area contributed by atoms with Gasteiger partial charge >= 0.3 is 5.63 Å². The summed E-state index contributed by atoms with van der Waals surface area (Å²) in [5, 5.41) is 6.59. The number of halogens is 1. The Morgan fingerprint density at radius 3 is 2.70 bits per heavy atom. The van der Waals surface area contributed by atoms with Crippen LogP contribution in [-0.4, -0.2) is 17.1 Å². The molecule has 162 valence electrons. The average molecular weight is 518 g/mol. The third-order valence-electron chi connectivity index (χ3n) is 4.97. The molecule has 0 unspecified atom stereocenters. The Balaban J connectivity index is 1.62. The van der Waals surface area contributed by atoms with Gasteiger partial charge in [0, 0.05) is 9.86 Å². The highest BCUT2D eigenvalue weighted by molar-refractivity contribution is 9.10. The van der Waals surface area contributed by atoms with E-state index in [1.54, 1.807) is 24.4 Å². The molecular weight excluding hydrogens is 502 g/mol. The predicted molar refractivity (Wildman–Crippen MR) is 135 cm³/mol. The Bertz CT molecular complexity index is 1590. The van der Waals surface area contributed by atoms with Gasteiger partial charge in [-0.2, -0.15) is 10.1 Å². The van der Waals surface area contributed by atoms with E-state index in [2.05, 4.69) is 26.0 Å². The number of fused-ring (bicyclic) bond motifs is 2. The van der Waals surface area contributed by atoms with Gasteiger partial charge in [-0.25, -0.2) is 9.78 Å². The first-order valence-electron chi connectivity index (χ1n) is 10.0. The number of nitrogens with zero attached hydrogens (tertiary/aromatic N) is 3. The maximum atomic E-state index is 13.5. The lowest BCUT2D eigenvalue weighted by Crippen LogP contribution is -2.30. The zero-order valence-corrected chi connectivity index (χ0v) is 19.8. The van der Waals surface area contributed by atoms with Crippen molar-refractivity contribution in [2.24, 2.45) is 5.10 Å². The molecule has 0 atom stereocenters. The fourth-order valence-electron chi connectivity index (χ4n) is 3.30. The maximum absolute atomic E-state index is 13.5. The first-order valence-corrected chi connectivity index (χ1v) is 11.6. The van der Waals surface area contributed by atoms with Crippen LogP contribution in [0.25, 0.3) is 21.2 Å². The summed E-state index contributed by atoms with van der Waals surface area (Å²) in [5.41, 5.74) is 2.21. The van der Waals surface area contributed by atoms with Crippen LogP contribution in [0.1, 0.15) is 21.5 Å². The van der Waals surface area contributed by atoms with Crippen LogP contribution in [0.5, 0.6) is 0 Å². The van der Waals surface area contributed by atoms with Gasteiger partial charge in [0.1, 0.15) is 11.1 Å². The van der Waals surface area contributed by atoms with Crippen LogP contribution in [-0.2, 0) is 0 Å². The summed E-state index contributed by atoms with van der Waals surface area (Å²) >= 11 is 4.74. The Hall–Kier alpha value is -3.62. The van der Waals surface area contributed by atoms with Crippen molar-refractivity contribution >= 4 is 65.7 Å². The van der Waals surface area contributed by atoms with Gasteiger partial charge < -0.3 is 4.42 Å². The van der Waals surface area contributed by atoms with Crippen LogP contribution in [0.4, 0.5) is 5.13 Å². The number of carbonyl (C=O) groups excluding carboxylic acids is 1. The number of carbonyl (C=O) groups is 1. The molecule has 0 saturated heterocycles. The maximum Gasteiger partial charge on any atom is 0.349 e. The molecule has 0 aliphatic carbocycles. The largest absolute Gasteiger partial charge is 0.422 e. The molecule has 5 aromatic rings. The number of hydrogen-bond donors (Lipinski definition) is 0. The molecule has 0 radical (unpaired) electrons. The fraction of sp³-hybridized carbons (Fsp3) is 0.0400. The van der Waals surface area contributed by atoms with E-state index in [0.717, 1.165) is 30.8 Å². The number of hydrogen-bond acceptors (Lipinski definition) is 6. The van der Waals surface area contributed by atoms with Crippen LogP contribution in [0.15, 0.2) is 91.6 Å². The summed E-state index contributed by atoms with van der Waals surface area (Å²) < 4.78 is 7.23. The van der Waals surface area contributed by atoms with Gasteiger partial charge in [-0.15, -0.1) is 0 Å². The minimum absolute atomic E-state index is 0.114. The molecule has 33 heavy (non-hydrogen) atoms. The Morgan fingerprint density at radius 1 is 1.09 bits per heavy atom. The average Bonchev–Trinajstić information content (AvgIpc) is 3.22. The second-order valence-corrected chi connectivity index (χ2v) is 9.29. The molecule has 0 N–H and O–H groups in total. The number of thiazole rings is 1. The van der Waals surface area contributed by atoms with Gasteiger partial charge in [-0.1, -0.05) is 63.7 Å². The summed E-state index contributed by atoms with van der Waals surface area (Å²) in [6, 6.07) is 21.9. The molecule has 0 aliphatic heterocycles. The first kappa shape index (κ1) is 21.2. The normalized spacial score (nSPS) is 11.5. The molecule has 0 bridgehead atoms. The Kier molecular flexibility index (Phi) is 5.62. The Morgan fingerprint density at radius 2 is 1.88 bits per heavy atom. The number of benzene rings is 3. The molecule has 0 spiro atoms. The van der Waals surface area contributed by atoms with Gasteiger partial charge in [0.2, 0.25) is 5.13 Å². The molecule has 6 nitrogen and oxygen atoms in total. The van der Waals surface area contributed by atoms with Gasteiger partial charge in [0.25, 0.3) is 5.91 Å². The predicted octanol–water partition coefficient (Wildman–Crippen LogP) is 6.15. The summed E-state index contributed by atoms with van der Waals surface area (Å²) in [4.78, 5) is 30.8. The molecule has 2 heterocycles. The van der Waals surface area contributed by atoms with Gasteiger partial charge in [-0.3, -0.25) is 4.79 Å². The topological polar surface area (TPSA) is 75.8 Å². The van der Waals surface area contributed by atoms with Gasteiger partial charge in [0.15, 0.2) is 0 Å². The number of rotatable bonds is 4. The first-order chi connectivity index (χ1) is 16.0. The smallest absolute Gasteiger partial charge is 0.349 e. The quantitative estimate of drug-likeness (QED) is 0.162. The van der Waals surface area contributed by atoms with Crippen molar-refractivity contribution in [3.8, 4) is 0 Å². The summed E-state index contributed by atoms with van der Waals surface area (Å²) in [6.07, 6.45) is 1.56. The van der Waals surface area contributed by atoms with Gasteiger partial charge in [-0.05, 0) is 54.4 Å². The van der Waals surface area contributed by atoms with Crippen LogP contribution in [0.2, 0.25) is 0 Å². The molecule has 0 fully saturated rings. The Labute approximate surface area is 200 Å². The molecule has 0 aliphatic rings. The van der Waals surface area contributed by atoms with E-state index in [0.29, 0.717) is 16.1 Å². The van der Waals surface area contributed by atoms with Crippen molar-refractivity contribution in [2.75, 3.05) is 5.01 Å². The number of para-hydroxylation sites is 1. The standard InChI is InChI=1S/C25H16BrN3O3S/c1-15-6-11-20-22(12-15)33-25(28-20)29(27-14-16-7-9-18(26)10-8-16)23(30)19-13-17-4-2-3-5-21(17)32-24(19)31/h2-14H,1H3/b27-14+. The van der Waals surface area contributed by atoms with E-state index in [1.165, 1.54) is 17.4 Å². The van der Waals surface area contributed by atoms with E-state index in [4.69, 9.17) is 4.42 Å². The van der Waals surface area contributed by atoms with Crippen LogP contribution >= 0.6 is 27.3 Å². The molecule has 1 amide bonds. The molecule has 0 saturated carbocycles. The lowest BCUT2D eigenvalue weighted by atomic mass is 10.2. The number of amides is 1.